The predicted octanol–water partition coefficient (Wildman–Crippen LogP) is 4.33. The summed E-state index contributed by atoms with van der Waals surface area (Å²) in [6.07, 6.45) is 2.26. The summed E-state index contributed by atoms with van der Waals surface area (Å²) in [5.41, 5.74) is 6.84. The number of aryl methyl sites for hydroxylation is 2. The maximum absolute atomic E-state index is 11.8. The molecule has 2 heterocycles. The van der Waals surface area contributed by atoms with Crippen LogP contribution in [0.25, 0.3) is 0 Å². The van der Waals surface area contributed by atoms with Crippen molar-refractivity contribution in [3.05, 3.63) is 94.8 Å². The predicted molar refractivity (Wildman–Crippen MR) is 132 cm³/mol. The highest BCUT2D eigenvalue weighted by atomic mass is 32.2. The van der Waals surface area contributed by atoms with Crippen molar-refractivity contribution >= 4 is 21.2 Å². The van der Waals surface area contributed by atoms with Crippen LogP contribution in [0.5, 0.6) is 0 Å². The van der Waals surface area contributed by atoms with Crippen molar-refractivity contribution < 1.29 is 13.6 Å². The van der Waals surface area contributed by atoms with Gasteiger partial charge < -0.3 is 10.1 Å². The van der Waals surface area contributed by atoms with Crippen molar-refractivity contribution in [2.45, 2.75) is 26.2 Å². The minimum absolute atomic E-state index is 0.00125. The first-order valence-electron chi connectivity index (χ1n) is 11.1. The molecule has 0 saturated carbocycles. The Balaban J connectivity index is 1.65. The highest BCUT2D eigenvalue weighted by Crippen LogP contribution is 2.33. The van der Waals surface area contributed by atoms with Crippen LogP contribution >= 0.6 is 0 Å². The van der Waals surface area contributed by atoms with Crippen molar-refractivity contribution in [1.82, 2.24) is 4.98 Å². The van der Waals surface area contributed by atoms with E-state index in [1.54, 1.807) is 6.20 Å². The van der Waals surface area contributed by atoms with Gasteiger partial charge in [0.2, 0.25) is 0 Å². The summed E-state index contributed by atoms with van der Waals surface area (Å²) < 4.78 is 23.5. The molecule has 33 heavy (non-hydrogen) atoms. The Kier molecular flexibility index (Phi) is 6.79. The molecule has 0 unspecified atom stereocenters. The standard InChI is InChI=1S/C26H29N3O3S/c1-19-5-3-4-6-24(19)25(18-26(28-30)22-11-12-27-20(2)17-22)21-7-9-23(10-8-21)29-13-15-33(31,32)16-14-29/h3-12,17,25,30H,13-16,18H2,1-2H3/b28-26-/t25-/m1/s1. The quantitative estimate of drug-likeness (QED) is 0.334. The number of oxime groups is 1. The van der Waals surface area contributed by atoms with Gasteiger partial charge in [0.25, 0.3) is 0 Å². The molecule has 6 nitrogen and oxygen atoms in total. The third-order valence-electron chi connectivity index (χ3n) is 6.32. The van der Waals surface area contributed by atoms with E-state index in [0.717, 1.165) is 22.5 Å². The van der Waals surface area contributed by atoms with Gasteiger partial charge in [-0.2, -0.15) is 0 Å². The van der Waals surface area contributed by atoms with Crippen LogP contribution in [0.15, 0.2) is 72.0 Å². The molecule has 2 aromatic carbocycles. The zero-order valence-electron chi connectivity index (χ0n) is 19.0. The lowest BCUT2D eigenvalue weighted by Gasteiger charge is -2.29. The molecule has 1 saturated heterocycles. The smallest absolute Gasteiger partial charge is 0.153 e. The topological polar surface area (TPSA) is 82.9 Å². The highest BCUT2D eigenvalue weighted by molar-refractivity contribution is 7.91. The van der Waals surface area contributed by atoms with Crippen LogP contribution < -0.4 is 4.90 Å². The van der Waals surface area contributed by atoms with Crippen molar-refractivity contribution in [3.8, 4) is 0 Å². The molecule has 1 aliphatic rings. The molecule has 4 rings (SSSR count). The van der Waals surface area contributed by atoms with Crippen LogP contribution in [0.2, 0.25) is 0 Å². The molecule has 1 atom stereocenters. The highest BCUT2D eigenvalue weighted by Gasteiger charge is 2.23. The molecule has 0 spiro atoms. The third-order valence-corrected chi connectivity index (χ3v) is 7.93. The number of pyridine rings is 1. The minimum Gasteiger partial charge on any atom is -0.411 e. The maximum atomic E-state index is 11.8. The van der Waals surface area contributed by atoms with Gasteiger partial charge in [0.05, 0.1) is 17.2 Å². The van der Waals surface area contributed by atoms with Crippen LogP contribution in [0.3, 0.4) is 0 Å². The normalized spacial score (nSPS) is 17.0. The number of hydrogen-bond donors (Lipinski definition) is 1. The Morgan fingerprint density at radius 1 is 1.06 bits per heavy atom. The summed E-state index contributed by atoms with van der Waals surface area (Å²) in [7, 11) is -2.91. The van der Waals surface area contributed by atoms with Crippen molar-refractivity contribution in [1.29, 1.82) is 0 Å². The molecule has 0 bridgehead atoms. The van der Waals surface area contributed by atoms with Gasteiger partial charge in [-0.25, -0.2) is 8.42 Å². The summed E-state index contributed by atoms with van der Waals surface area (Å²) in [5, 5.41) is 13.5. The maximum Gasteiger partial charge on any atom is 0.153 e. The number of benzene rings is 2. The van der Waals surface area contributed by atoms with E-state index in [2.05, 4.69) is 58.4 Å². The van der Waals surface area contributed by atoms with Crippen LogP contribution in [0, 0.1) is 13.8 Å². The lowest BCUT2D eigenvalue weighted by molar-refractivity contribution is 0.317. The van der Waals surface area contributed by atoms with Gasteiger partial charge in [0.15, 0.2) is 9.84 Å². The van der Waals surface area contributed by atoms with Crippen molar-refractivity contribution in [2.24, 2.45) is 5.16 Å². The summed E-state index contributed by atoms with van der Waals surface area (Å²) in [4.78, 5) is 6.37. The zero-order valence-corrected chi connectivity index (χ0v) is 19.8. The zero-order chi connectivity index (χ0) is 23.4. The number of anilines is 1. The number of hydrogen-bond acceptors (Lipinski definition) is 6. The Hall–Kier alpha value is -3.19. The van der Waals surface area contributed by atoms with Gasteiger partial charge in [-0.05, 0) is 54.8 Å². The van der Waals surface area contributed by atoms with Crippen LogP contribution in [0.1, 0.15) is 40.3 Å². The minimum atomic E-state index is -2.91. The summed E-state index contributed by atoms with van der Waals surface area (Å²) in [6, 6.07) is 20.4. The first kappa shape index (κ1) is 23.0. The fourth-order valence-corrected chi connectivity index (χ4v) is 5.61. The average Bonchev–Trinajstić information content (AvgIpc) is 2.81. The van der Waals surface area contributed by atoms with E-state index >= 15 is 0 Å². The van der Waals surface area contributed by atoms with Gasteiger partial charge in [0, 0.05) is 48.6 Å². The SMILES string of the molecule is Cc1cc(/C(C[C@H](c2ccc(N3CCS(=O)(=O)CC3)cc2)c2ccccc2C)=N\O)ccn1. The molecule has 1 aliphatic heterocycles. The van der Waals surface area contributed by atoms with Crippen molar-refractivity contribution in [3.63, 3.8) is 0 Å². The molecule has 0 amide bonds. The second kappa shape index (κ2) is 9.75. The van der Waals surface area contributed by atoms with E-state index in [-0.39, 0.29) is 17.4 Å². The second-order valence-electron chi connectivity index (χ2n) is 8.58. The molecule has 7 heteroatoms. The number of aromatic nitrogens is 1. The molecule has 0 aliphatic carbocycles. The molecule has 1 fully saturated rings. The van der Waals surface area contributed by atoms with Crippen LogP contribution in [-0.4, -0.2) is 48.9 Å². The fraction of sp³-hybridized carbons (Fsp3) is 0.308. The number of nitrogens with zero attached hydrogens (tertiary/aromatic N) is 3. The molecular weight excluding hydrogens is 434 g/mol. The molecule has 172 valence electrons. The number of sulfone groups is 1. The van der Waals surface area contributed by atoms with Gasteiger partial charge in [-0.15, -0.1) is 0 Å². The van der Waals surface area contributed by atoms with Gasteiger partial charge in [0.1, 0.15) is 0 Å². The first-order valence-corrected chi connectivity index (χ1v) is 12.9. The van der Waals surface area contributed by atoms with E-state index in [4.69, 9.17) is 0 Å². The van der Waals surface area contributed by atoms with E-state index in [0.29, 0.717) is 25.2 Å². The van der Waals surface area contributed by atoms with Gasteiger partial charge >= 0.3 is 0 Å². The fourth-order valence-electron chi connectivity index (χ4n) is 4.41. The monoisotopic (exact) mass is 463 g/mol. The largest absolute Gasteiger partial charge is 0.411 e. The Morgan fingerprint density at radius 2 is 1.76 bits per heavy atom. The third kappa shape index (κ3) is 5.42. The van der Waals surface area contributed by atoms with E-state index < -0.39 is 9.84 Å². The van der Waals surface area contributed by atoms with E-state index in [1.165, 1.54) is 11.1 Å². The van der Waals surface area contributed by atoms with Crippen LogP contribution in [0.4, 0.5) is 5.69 Å². The molecule has 1 N–H and O–H groups in total. The average molecular weight is 464 g/mol. The lowest BCUT2D eigenvalue weighted by Crippen LogP contribution is -2.40. The summed E-state index contributed by atoms with van der Waals surface area (Å²) in [5.74, 6) is 0.395. The Morgan fingerprint density at radius 3 is 2.39 bits per heavy atom. The molecule has 0 radical (unpaired) electrons. The Labute approximate surface area is 195 Å². The van der Waals surface area contributed by atoms with Crippen LogP contribution in [-0.2, 0) is 9.84 Å². The number of rotatable bonds is 6. The Bertz CT molecular complexity index is 1240. The van der Waals surface area contributed by atoms with E-state index in [1.807, 2.05) is 31.2 Å². The lowest BCUT2D eigenvalue weighted by atomic mass is 9.83. The van der Waals surface area contributed by atoms with Crippen molar-refractivity contribution in [2.75, 3.05) is 29.5 Å². The molecular formula is C26H29N3O3S. The summed E-state index contributed by atoms with van der Waals surface area (Å²) >= 11 is 0. The first-order chi connectivity index (χ1) is 15.9. The van der Waals surface area contributed by atoms with Gasteiger partial charge in [-0.1, -0.05) is 41.6 Å². The second-order valence-corrected chi connectivity index (χ2v) is 10.9. The molecule has 1 aromatic heterocycles. The van der Waals surface area contributed by atoms with Gasteiger partial charge in [-0.3, -0.25) is 4.98 Å². The van der Waals surface area contributed by atoms with E-state index in [9.17, 15) is 13.6 Å². The molecule has 3 aromatic rings. The summed E-state index contributed by atoms with van der Waals surface area (Å²) in [6.45, 7) is 5.05.